The first-order chi connectivity index (χ1) is 14.9. The molecule has 0 saturated heterocycles. The van der Waals surface area contributed by atoms with Crippen molar-refractivity contribution < 1.29 is 23.5 Å². The molecule has 0 aliphatic rings. The van der Waals surface area contributed by atoms with Gasteiger partial charge in [0.2, 0.25) is 0 Å². The third kappa shape index (κ3) is 6.55. The fraction of sp³-hybridized carbons (Fsp3) is 0.130. The molecule has 0 saturated carbocycles. The lowest BCUT2D eigenvalue weighted by Gasteiger charge is -2.10. The summed E-state index contributed by atoms with van der Waals surface area (Å²) in [6.45, 7) is -0.127. The molecule has 2 N–H and O–H groups in total. The molecule has 0 aliphatic heterocycles. The number of amides is 2. The van der Waals surface area contributed by atoms with Gasteiger partial charge in [0.05, 0.1) is 7.11 Å². The molecule has 0 aliphatic carbocycles. The Balaban J connectivity index is 1.49. The first kappa shape index (κ1) is 22.3. The number of halogens is 2. The van der Waals surface area contributed by atoms with Crippen molar-refractivity contribution in [2.24, 2.45) is 0 Å². The summed E-state index contributed by atoms with van der Waals surface area (Å²) in [6, 6.07) is 17.9. The number of carbonyl (C=O) groups is 2. The number of ether oxygens (including phenoxy) is 2. The molecule has 0 bridgehead atoms. The zero-order chi connectivity index (χ0) is 22.2. The first-order valence-corrected chi connectivity index (χ1v) is 10.1. The summed E-state index contributed by atoms with van der Waals surface area (Å²) in [6.07, 6.45) is 0. The van der Waals surface area contributed by atoms with Crippen molar-refractivity contribution in [1.29, 1.82) is 0 Å². The highest BCUT2D eigenvalue weighted by atomic mass is 79.9. The van der Waals surface area contributed by atoms with Gasteiger partial charge in [-0.1, -0.05) is 22.0 Å². The van der Waals surface area contributed by atoms with Crippen molar-refractivity contribution >= 4 is 33.4 Å². The Morgan fingerprint density at radius 1 is 1.00 bits per heavy atom. The Hall–Kier alpha value is -3.39. The lowest BCUT2D eigenvalue weighted by Crippen LogP contribution is -2.23. The van der Waals surface area contributed by atoms with Crippen LogP contribution in [-0.4, -0.2) is 25.5 Å². The Kier molecular flexibility index (Phi) is 7.61. The van der Waals surface area contributed by atoms with Gasteiger partial charge in [-0.05, 0) is 54.6 Å². The third-order valence-corrected chi connectivity index (χ3v) is 4.78. The van der Waals surface area contributed by atoms with Crippen LogP contribution in [0.25, 0.3) is 0 Å². The van der Waals surface area contributed by atoms with E-state index in [1.165, 1.54) is 6.07 Å². The van der Waals surface area contributed by atoms with Crippen LogP contribution in [0.3, 0.4) is 0 Å². The van der Waals surface area contributed by atoms with Gasteiger partial charge < -0.3 is 20.1 Å². The van der Waals surface area contributed by atoms with E-state index < -0.39 is 0 Å². The van der Waals surface area contributed by atoms with Gasteiger partial charge in [0.25, 0.3) is 11.8 Å². The summed E-state index contributed by atoms with van der Waals surface area (Å²) in [5.74, 6) is 0.0119. The number of hydrogen-bond donors (Lipinski definition) is 2. The first-order valence-electron chi connectivity index (χ1n) is 9.33. The van der Waals surface area contributed by atoms with E-state index in [2.05, 4.69) is 26.6 Å². The van der Waals surface area contributed by atoms with Crippen LogP contribution in [0, 0.1) is 5.82 Å². The van der Waals surface area contributed by atoms with Crippen molar-refractivity contribution in [1.82, 2.24) is 5.32 Å². The van der Waals surface area contributed by atoms with E-state index >= 15 is 0 Å². The van der Waals surface area contributed by atoms with Crippen molar-refractivity contribution in [3.63, 3.8) is 0 Å². The Bertz CT molecular complexity index is 1070. The quantitative estimate of drug-likeness (QED) is 0.489. The van der Waals surface area contributed by atoms with Gasteiger partial charge in [-0.2, -0.15) is 0 Å². The van der Waals surface area contributed by atoms with Crippen LogP contribution < -0.4 is 20.1 Å². The topological polar surface area (TPSA) is 76.7 Å². The lowest BCUT2D eigenvalue weighted by atomic mass is 10.2. The summed E-state index contributed by atoms with van der Waals surface area (Å²) >= 11 is 3.28. The smallest absolute Gasteiger partial charge is 0.262 e. The van der Waals surface area contributed by atoms with Crippen LogP contribution in [0.5, 0.6) is 11.5 Å². The van der Waals surface area contributed by atoms with E-state index in [1.807, 2.05) is 0 Å². The number of hydrogen-bond acceptors (Lipinski definition) is 4. The van der Waals surface area contributed by atoms with Gasteiger partial charge in [-0.25, -0.2) is 4.39 Å². The average Bonchev–Trinajstić information content (AvgIpc) is 2.78. The summed E-state index contributed by atoms with van der Waals surface area (Å²) in [7, 11) is 1.55. The van der Waals surface area contributed by atoms with Crippen molar-refractivity contribution in [2.75, 3.05) is 19.0 Å². The maximum atomic E-state index is 13.8. The zero-order valence-corrected chi connectivity index (χ0v) is 18.2. The van der Waals surface area contributed by atoms with Gasteiger partial charge in [-0.3, -0.25) is 9.59 Å². The van der Waals surface area contributed by atoms with Crippen LogP contribution >= 0.6 is 15.9 Å². The number of nitrogens with one attached hydrogen (secondary N) is 2. The predicted octanol–water partition coefficient (Wildman–Crippen LogP) is 4.54. The van der Waals surface area contributed by atoms with Crippen molar-refractivity contribution in [3.8, 4) is 11.5 Å². The molecule has 3 aromatic rings. The minimum atomic E-state index is -0.389. The second-order valence-corrected chi connectivity index (χ2v) is 7.43. The van der Waals surface area contributed by atoms with Crippen LogP contribution in [0.2, 0.25) is 0 Å². The molecular weight excluding hydrogens is 467 g/mol. The molecule has 160 valence electrons. The van der Waals surface area contributed by atoms with E-state index in [9.17, 15) is 14.0 Å². The van der Waals surface area contributed by atoms with Crippen LogP contribution in [0.4, 0.5) is 10.1 Å². The van der Waals surface area contributed by atoms with Gasteiger partial charge in [0.1, 0.15) is 17.3 Å². The predicted molar refractivity (Wildman–Crippen MR) is 119 cm³/mol. The van der Waals surface area contributed by atoms with Gasteiger partial charge in [-0.15, -0.1) is 0 Å². The van der Waals surface area contributed by atoms with Crippen LogP contribution in [0.1, 0.15) is 15.9 Å². The van der Waals surface area contributed by atoms with Crippen LogP contribution in [0.15, 0.2) is 71.2 Å². The summed E-state index contributed by atoms with van der Waals surface area (Å²) in [4.78, 5) is 24.3. The SMILES string of the molecule is COc1cccc(NC(=O)COc2ccc(C(=O)NCc3cc(Br)ccc3F)cc2)c1. The summed E-state index contributed by atoms with van der Waals surface area (Å²) in [5, 5.41) is 5.39. The van der Waals surface area contributed by atoms with Gasteiger partial charge in [0, 0.05) is 33.9 Å². The number of rotatable bonds is 8. The molecule has 3 rings (SSSR count). The molecule has 0 spiro atoms. The second kappa shape index (κ2) is 10.6. The van der Waals surface area contributed by atoms with Crippen LogP contribution in [-0.2, 0) is 11.3 Å². The van der Waals surface area contributed by atoms with E-state index in [0.717, 1.165) is 4.47 Å². The second-order valence-electron chi connectivity index (χ2n) is 6.51. The minimum Gasteiger partial charge on any atom is -0.497 e. The lowest BCUT2D eigenvalue weighted by molar-refractivity contribution is -0.118. The standard InChI is InChI=1S/C23H20BrFN2O4/c1-30-20-4-2-3-18(12-20)27-22(28)14-31-19-8-5-15(6-9-19)23(29)26-13-16-11-17(24)7-10-21(16)25/h2-12H,13-14H2,1H3,(H,26,29)(H,27,28). The normalized spacial score (nSPS) is 10.3. The number of methoxy groups -OCH3 is 1. The van der Waals surface area contributed by atoms with E-state index in [4.69, 9.17) is 9.47 Å². The molecule has 6 nitrogen and oxygen atoms in total. The van der Waals surface area contributed by atoms with E-state index in [0.29, 0.717) is 28.3 Å². The largest absolute Gasteiger partial charge is 0.497 e. The number of benzene rings is 3. The summed E-state index contributed by atoms with van der Waals surface area (Å²) < 4.78 is 25.1. The summed E-state index contributed by atoms with van der Waals surface area (Å²) in [5.41, 5.74) is 1.37. The molecule has 0 heterocycles. The molecular formula is C23H20BrFN2O4. The van der Waals surface area contributed by atoms with Gasteiger partial charge >= 0.3 is 0 Å². The van der Waals surface area contributed by atoms with E-state index in [1.54, 1.807) is 67.8 Å². The van der Waals surface area contributed by atoms with Gasteiger partial charge in [0.15, 0.2) is 6.61 Å². The molecule has 0 aromatic heterocycles. The fourth-order valence-electron chi connectivity index (χ4n) is 2.71. The maximum Gasteiger partial charge on any atom is 0.262 e. The molecule has 0 atom stereocenters. The number of carbonyl (C=O) groups excluding carboxylic acids is 2. The monoisotopic (exact) mass is 486 g/mol. The molecule has 3 aromatic carbocycles. The maximum absolute atomic E-state index is 13.8. The highest BCUT2D eigenvalue weighted by Crippen LogP contribution is 2.18. The average molecular weight is 487 g/mol. The number of anilines is 1. The molecule has 0 radical (unpaired) electrons. The Labute approximate surface area is 187 Å². The minimum absolute atomic E-state index is 0.0623. The molecule has 0 fully saturated rings. The fourth-order valence-corrected chi connectivity index (χ4v) is 3.11. The molecule has 2 amide bonds. The molecule has 0 unspecified atom stereocenters. The molecule has 8 heteroatoms. The molecule has 31 heavy (non-hydrogen) atoms. The zero-order valence-electron chi connectivity index (χ0n) is 16.7. The Morgan fingerprint density at radius 2 is 1.77 bits per heavy atom. The Morgan fingerprint density at radius 3 is 2.52 bits per heavy atom. The van der Waals surface area contributed by atoms with Crippen molar-refractivity contribution in [3.05, 3.63) is 88.1 Å². The third-order valence-electron chi connectivity index (χ3n) is 4.29. The van der Waals surface area contributed by atoms with Crippen molar-refractivity contribution in [2.45, 2.75) is 6.54 Å². The highest BCUT2D eigenvalue weighted by Gasteiger charge is 2.09. The highest BCUT2D eigenvalue weighted by molar-refractivity contribution is 9.10. The van der Waals surface area contributed by atoms with E-state index in [-0.39, 0.29) is 30.8 Å².